The maximum absolute atomic E-state index is 12.0. The number of hydrogen-bond acceptors (Lipinski definition) is 5. The van der Waals surface area contributed by atoms with E-state index in [0.29, 0.717) is 11.6 Å². The number of pyridine rings is 1. The van der Waals surface area contributed by atoms with E-state index in [2.05, 4.69) is 10.3 Å². The first-order valence-corrected chi connectivity index (χ1v) is 7.27. The average Bonchev–Trinajstić information content (AvgIpc) is 3.37. The minimum Gasteiger partial charge on any atom is -0.497 e. The molecule has 1 aromatic heterocycles. The summed E-state index contributed by atoms with van der Waals surface area (Å²) in [4.78, 5) is 16.2. The molecule has 0 spiro atoms. The van der Waals surface area contributed by atoms with Crippen molar-refractivity contribution in [1.82, 2.24) is 4.98 Å². The van der Waals surface area contributed by atoms with Crippen molar-refractivity contribution in [3.63, 3.8) is 0 Å². The van der Waals surface area contributed by atoms with Crippen LogP contribution < -0.4 is 10.1 Å². The number of anilines is 1. The third-order valence-corrected chi connectivity index (χ3v) is 3.43. The zero-order chi connectivity index (χ0) is 15.4. The van der Waals surface area contributed by atoms with Crippen molar-refractivity contribution < 1.29 is 14.3 Å². The highest BCUT2D eigenvalue weighted by Gasteiger charge is 2.21. The zero-order valence-corrected chi connectivity index (χ0v) is 12.4. The Labute approximate surface area is 129 Å². The molecule has 0 aliphatic heterocycles. The molecule has 22 heavy (non-hydrogen) atoms. The molecule has 5 heteroatoms. The second-order valence-corrected chi connectivity index (χ2v) is 5.28. The third kappa shape index (κ3) is 3.75. The first kappa shape index (κ1) is 14.4. The molecule has 3 rings (SSSR count). The second kappa shape index (κ2) is 6.47. The summed E-state index contributed by atoms with van der Waals surface area (Å²) in [5, 5.41) is 3.28. The summed E-state index contributed by atoms with van der Waals surface area (Å²) in [7, 11) is 1.61. The number of benzene rings is 1. The lowest BCUT2D eigenvalue weighted by atomic mass is 10.2. The van der Waals surface area contributed by atoms with Crippen molar-refractivity contribution in [3.8, 4) is 5.75 Å². The fraction of sp³-hybridized carbons (Fsp3) is 0.294. The molecule has 114 valence electrons. The summed E-state index contributed by atoms with van der Waals surface area (Å²) < 4.78 is 10.4. The number of nitrogens with zero attached hydrogens (tertiary/aromatic N) is 1. The monoisotopic (exact) mass is 298 g/mol. The molecule has 0 amide bonds. The quantitative estimate of drug-likeness (QED) is 0.831. The fourth-order valence-electron chi connectivity index (χ4n) is 2.03. The number of methoxy groups -OCH3 is 1. The first-order valence-electron chi connectivity index (χ1n) is 7.27. The van der Waals surface area contributed by atoms with Crippen LogP contribution in [0.1, 0.15) is 28.8 Å². The van der Waals surface area contributed by atoms with Crippen LogP contribution in [0, 0.1) is 0 Å². The average molecular weight is 298 g/mol. The lowest BCUT2D eigenvalue weighted by Gasteiger charge is -2.07. The van der Waals surface area contributed by atoms with Gasteiger partial charge in [0, 0.05) is 12.2 Å². The molecule has 1 fully saturated rings. The molecule has 2 aromatic rings. The Morgan fingerprint density at radius 1 is 1.32 bits per heavy atom. The van der Waals surface area contributed by atoms with E-state index in [-0.39, 0.29) is 12.6 Å². The Kier molecular flexibility index (Phi) is 4.23. The van der Waals surface area contributed by atoms with E-state index in [1.54, 1.807) is 25.4 Å². The first-order chi connectivity index (χ1) is 10.7. The summed E-state index contributed by atoms with van der Waals surface area (Å²) in [5.41, 5.74) is 1.33. The van der Waals surface area contributed by atoms with E-state index < -0.39 is 0 Å². The van der Waals surface area contributed by atoms with Crippen molar-refractivity contribution in [2.75, 3.05) is 12.4 Å². The van der Waals surface area contributed by atoms with Gasteiger partial charge >= 0.3 is 5.97 Å². The molecule has 1 saturated carbocycles. The number of carbonyl (C=O) groups is 1. The Bertz CT molecular complexity index is 651. The molecule has 0 unspecified atom stereocenters. The predicted octanol–water partition coefficient (Wildman–Crippen LogP) is 3.02. The number of aromatic nitrogens is 1. The normalized spacial score (nSPS) is 13.5. The van der Waals surface area contributed by atoms with Gasteiger partial charge in [0.1, 0.15) is 18.2 Å². The Morgan fingerprint density at radius 2 is 2.18 bits per heavy atom. The topological polar surface area (TPSA) is 60.5 Å². The molecule has 0 bridgehead atoms. The van der Waals surface area contributed by atoms with Crippen molar-refractivity contribution in [2.24, 2.45) is 0 Å². The highest BCUT2D eigenvalue weighted by molar-refractivity contribution is 5.89. The summed E-state index contributed by atoms with van der Waals surface area (Å²) >= 11 is 0. The van der Waals surface area contributed by atoms with E-state index >= 15 is 0 Å². The van der Waals surface area contributed by atoms with Gasteiger partial charge in [0.15, 0.2) is 0 Å². The van der Waals surface area contributed by atoms with Gasteiger partial charge in [0.2, 0.25) is 0 Å². The number of ether oxygens (including phenoxy) is 2. The maximum Gasteiger partial charge on any atom is 0.340 e. The van der Waals surface area contributed by atoms with Crippen molar-refractivity contribution in [2.45, 2.75) is 25.5 Å². The zero-order valence-electron chi connectivity index (χ0n) is 12.4. The molecular weight excluding hydrogens is 280 g/mol. The van der Waals surface area contributed by atoms with Crippen LogP contribution in [0.5, 0.6) is 5.75 Å². The van der Waals surface area contributed by atoms with Crippen LogP contribution in [0.3, 0.4) is 0 Å². The number of esters is 1. The van der Waals surface area contributed by atoms with Crippen LogP contribution in [0.2, 0.25) is 0 Å². The van der Waals surface area contributed by atoms with Gasteiger partial charge in [-0.15, -0.1) is 0 Å². The van der Waals surface area contributed by atoms with E-state index in [9.17, 15) is 4.79 Å². The summed E-state index contributed by atoms with van der Waals surface area (Å²) in [6.07, 6.45) is 3.91. The third-order valence-electron chi connectivity index (χ3n) is 3.43. The molecule has 1 aliphatic carbocycles. The lowest BCUT2D eigenvalue weighted by Crippen LogP contribution is -2.07. The van der Waals surface area contributed by atoms with E-state index in [1.165, 1.54) is 12.8 Å². The highest BCUT2D eigenvalue weighted by atomic mass is 16.5. The van der Waals surface area contributed by atoms with Crippen LogP contribution in [-0.4, -0.2) is 24.1 Å². The fourth-order valence-corrected chi connectivity index (χ4v) is 2.03. The van der Waals surface area contributed by atoms with Gasteiger partial charge in [0.05, 0.1) is 12.7 Å². The van der Waals surface area contributed by atoms with Crippen LogP contribution in [0.4, 0.5) is 5.82 Å². The Balaban J connectivity index is 1.56. The van der Waals surface area contributed by atoms with E-state index in [1.807, 2.05) is 24.3 Å². The summed E-state index contributed by atoms with van der Waals surface area (Å²) in [5.74, 6) is 1.16. The number of rotatable bonds is 6. The van der Waals surface area contributed by atoms with Crippen molar-refractivity contribution in [1.29, 1.82) is 0 Å². The second-order valence-electron chi connectivity index (χ2n) is 5.28. The molecular formula is C17H18N2O3. The van der Waals surface area contributed by atoms with E-state index in [0.717, 1.165) is 17.1 Å². The lowest BCUT2D eigenvalue weighted by molar-refractivity contribution is 0.0472. The van der Waals surface area contributed by atoms with Gasteiger partial charge in [-0.2, -0.15) is 0 Å². The number of carbonyl (C=O) groups excluding carboxylic acids is 1. The Morgan fingerprint density at radius 3 is 2.86 bits per heavy atom. The Hall–Kier alpha value is -2.56. The van der Waals surface area contributed by atoms with Crippen LogP contribution in [-0.2, 0) is 11.3 Å². The highest BCUT2D eigenvalue weighted by Crippen LogP contribution is 2.23. The number of nitrogens with one attached hydrogen (secondary N) is 1. The molecule has 0 radical (unpaired) electrons. The van der Waals surface area contributed by atoms with Gasteiger partial charge in [0.25, 0.3) is 0 Å². The van der Waals surface area contributed by atoms with Gasteiger partial charge in [-0.25, -0.2) is 9.78 Å². The SMILES string of the molecule is COc1cccc(COC(=O)c2ccc(NC3CC3)nc2)c1. The van der Waals surface area contributed by atoms with Gasteiger partial charge in [-0.1, -0.05) is 12.1 Å². The molecule has 5 nitrogen and oxygen atoms in total. The van der Waals surface area contributed by atoms with Gasteiger partial charge in [-0.3, -0.25) is 0 Å². The standard InChI is InChI=1S/C17H18N2O3/c1-21-15-4-2-3-12(9-15)11-22-17(20)13-5-8-16(18-10-13)19-14-6-7-14/h2-5,8-10,14H,6-7,11H2,1H3,(H,18,19). The minimum absolute atomic E-state index is 0.206. The summed E-state index contributed by atoms with van der Waals surface area (Å²) in [6, 6.07) is 11.5. The number of hydrogen-bond donors (Lipinski definition) is 1. The van der Waals surface area contributed by atoms with Crippen LogP contribution in [0.15, 0.2) is 42.6 Å². The molecule has 1 aliphatic rings. The predicted molar refractivity (Wildman–Crippen MR) is 83.0 cm³/mol. The van der Waals surface area contributed by atoms with Gasteiger partial charge < -0.3 is 14.8 Å². The van der Waals surface area contributed by atoms with Gasteiger partial charge in [-0.05, 0) is 42.7 Å². The largest absolute Gasteiger partial charge is 0.497 e. The van der Waals surface area contributed by atoms with Crippen LogP contribution >= 0.6 is 0 Å². The minimum atomic E-state index is -0.381. The molecule has 1 N–H and O–H groups in total. The smallest absolute Gasteiger partial charge is 0.340 e. The van der Waals surface area contributed by atoms with Crippen LogP contribution in [0.25, 0.3) is 0 Å². The molecule has 0 saturated heterocycles. The van der Waals surface area contributed by atoms with E-state index in [4.69, 9.17) is 9.47 Å². The van der Waals surface area contributed by atoms with Crippen molar-refractivity contribution in [3.05, 3.63) is 53.7 Å². The molecule has 1 aromatic carbocycles. The van der Waals surface area contributed by atoms with Crippen molar-refractivity contribution >= 4 is 11.8 Å². The maximum atomic E-state index is 12.0. The molecule has 1 heterocycles. The molecule has 0 atom stereocenters. The summed E-state index contributed by atoms with van der Waals surface area (Å²) in [6.45, 7) is 0.206.